The molecule has 1 atom stereocenters. The molecule has 136 valence electrons. The molecule has 2 aromatic rings. The first-order chi connectivity index (χ1) is 12.5. The van der Waals surface area contributed by atoms with E-state index in [-0.39, 0.29) is 24.3 Å². The lowest BCUT2D eigenvalue weighted by molar-refractivity contribution is -0.117. The predicted octanol–water partition coefficient (Wildman–Crippen LogP) is 3.91. The van der Waals surface area contributed by atoms with Crippen LogP contribution in [0.3, 0.4) is 0 Å². The summed E-state index contributed by atoms with van der Waals surface area (Å²) in [6.07, 6.45) is 1.77. The van der Waals surface area contributed by atoms with E-state index in [1.165, 1.54) is 0 Å². The minimum absolute atomic E-state index is 0.0418. The molecule has 0 saturated heterocycles. The van der Waals surface area contributed by atoms with Gasteiger partial charge in [-0.2, -0.15) is 0 Å². The van der Waals surface area contributed by atoms with Gasteiger partial charge in [0.15, 0.2) is 0 Å². The molecule has 1 aliphatic carbocycles. The largest absolute Gasteiger partial charge is 0.394 e. The van der Waals surface area contributed by atoms with Gasteiger partial charge in [-0.25, -0.2) is 0 Å². The molecular formula is C19H18BrClN2O3. The van der Waals surface area contributed by atoms with Gasteiger partial charge in [-0.05, 0) is 48.7 Å². The Kier molecular flexibility index (Phi) is 5.96. The van der Waals surface area contributed by atoms with Gasteiger partial charge >= 0.3 is 0 Å². The zero-order chi connectivity index (χ0) is 18.7. The lowest BCUT2D eigenvalue weighted by Crippen LogP contribution is -2.31. The van der Waals surface area contributed by atoms with E-state index in [4.69, 9.17) is 11.6 Å². The Morgan fingerprint density at radius 2 is 1.96 bits per heavy atom. The third-order valence-electron chi connectivity index (χ3n) is 4.15. The maximum Gasteiger partial charge on any atom is 0.253 e. The SMILES string of the molecule is O=C(N[C@@H](CO)c1cc(Cl)cc(Br)c1)c1ccccc1NC(=O)C1CC1. The molecule has 2 aromatic carbocycles. The Morgan fingerprint density at radius 3 is 2.62 bits per heavy atom. The molecule has 26 heavy (non-hydrogen) atoms. The number of amides is 2. The average molecular weight is 438 g/mol. The number of halogens is 2. The minimum atomic E-state index is -0.621. The first-order valence-electron chi connectivity index (χ1n) is 8.25. The highest BCUT2D eigenvalue weighted by Gasteiger charge is 2.30. The van der Waals surface area contributed by atoms with E-state index >= 15 is 0 Å². The standard InChI is InChI=1S/C19H18BrClN2O3/c20-13-7-12(8-14(21)9-13)17(10-24)23-19(26)15-3-1-2-4-16(15)22-18(25)11-5-6-11/h1-4,7-9,11,17,24H,5-6,10H2,(H,22,25)(H,23,26)/t17-/m0/s1. The van der Waals surface area contributed by atoms with Crippen molar-refractivity contribution in [3.8, 4) is 0 Å². The lowest BCUT2D eigenvalue weighted by Gasteiger charge is -2.19. The third-order valence-corrected chi connectivity index (χ3v) is 4.83. The zero-order valence-corrected chi connectivity index (χ0v) is 16.2. The van der Waals surface area contributed by atoms with Gasteiger partial charge in [0.2, 0.25) is 5.91 Å². The molecule has 3 N–H and O–H groups in total. The summed E-state index contributed by atoms with van der Waals surface area (Å²) in [5.41, 5.74) is 1.49. The smallest absolute Gasteiger partial charge is 0.253 e. The summed E-state index contributed by atoms with van der Waals surface area (Å²) < 4.78 is 0.754. The van der Waals surface area contributed by atoms with E-state index < -0.39 is 6.04 Å². The topological polar surface area (TPSA) is 78.4 Å². The second-order valence-corrected chi connectivity index (χ2v) is 7.57. The van der Waals surface area contributed by atoms with Crippen LogP contribution in [0.15, 0.2) is 46.9 Å². The van der Waals surface area contributed by atoms with Gasteiger partial charge in [0.1, 0.15) is 0 Å². The van der Waals surface area contributed by atoms with Crippen LogP contribution >= 0.6 is 27.5 Å². The Balaban J connectivity index is 1.79. The van der Waals surface area contributed by atoms with Gasteiger partial charge in [-0.15, -0.1) is 0 Å². The minimum Gasteiger partial charge on any atom is -0.394 e. The molecule has 0 aromatic heterocycles. The predicted molar refractivity (Wildman–Crippen MR) is 104 cm³/mol. The number of para-hydroxylation sites is 1. The molecule has 0 unspecified atom stereocenters. The van der Waals surface area contributed by atoms with Gasteiger partial charge in [0, 0.05) is 15.4 Å². The van der Waals surface area contributed by atoms with Crippen molar-refractivity contribution >= 4 is 45.0 Å². The molecule has 0 bridgehead atoms. The molecule has 0 aliphatic heterocycles. The Morgan fingerprint density at radius 1 is 1.23 bits per heavy atom. The lowest BCUT2D eigenvalue weighted by atomic mass is 10.1. The summed E-state index contributed by atoms with van der Waals surface area (Å²) in [7, 11) is 0. The van der Waals surface area contributed by atoms with E-state index in [9.17, 15) is 14.7 Å². The summed E-state index contributed by atoms with van der Waals surface area (Å²) in [5, 5.41) is 15.8. The van der Waals surface area contributed by atoms with Crippen molar-refractivity contribution in [1.29, 1.82) is 0 Å². The molecule has 3 rings (SSSR count). The number of carbonyl (C=O) groups excluding carboxylic acids is 2. The maximum absolute atomic E-state index is 12.7. The number of aliphatic hydroxyl groups is 1. The normalized spacial score (nSPS) is 14.6. The summed E-state index contributed by atoms with van der Waals surface area (Å²) >= 11 is 9.40. The van der Waals surface area contributed by atoms with Crippen molar-refractivity contribution in [2.75, 3.05) is 11.9 Å². The van der Waals surface area contributed by atoms with Crippen LogP contribution in [0.2, 0.25) is 5.02 Å². The summed E-state index contributed by atoms with van der Waals surface area (Å²) in [6, 6.07) is 11.4. The van der Waals surface area contributed by atoms with Crippen molar-refractivity contribution in [3.63, 3.8) is 0 Å². The Labute approximate surface area is 164 Å². The van der Waals surface area contributed by atoms with Crippen LogP contribution in [0.1, 0.15) is 34.8 Å². The zero-order valence-electron chi connectivity index (χ0n) is 13.8. The van der Waals surface area contributed by atoms with E-state index in [1.807, 2.05) is 0 Å². The molecule has 1 saturated carbocycles. The number of anilines is 1. The fourth-order valence-electron chi connectivity index (χ4n) is 2.62. The summed E-state index contributed by atoms with van der Waals surface area (Å²) in [5.74, 6) is -0.408. The van der Waals surface area contributed by atoms with Crippen LogP contribution in [0.4, 0.5) is 5.69 Å². The monoisotopic (exact) mass is 436 g/mol. The highest BCUT2D eigenvalue weighted by atomic mass is 79.9. The number of hydrogen-bond acceptors (Lipinski definition) is 3. The van der Waals surface area contributed by atoms with Crippen LogP contribution in [-0.2, 0) is 4.79 Å². The van der Waals surface area contributed by atoms with Crippen LogP contribution in [0.5, 0.6) is 0 Å². The molecule has 5 nitrogen and oxygen atoms in total. The van der Waals surface area contributed by atoms with Gasteiger partial charge in [-0.3, -0.25) is 9.59 Å². The number of hydrogen-bond donors (Lipinski definition) is 3. The highest BCUT2D eigenvalue weighted by Crippen LogP contribution is 2.31. The van der Waals surface area contributed by atoms with Gasteiger partial charge in [0.25, 0.3) is 5.91 Å². The van der Waals surface area contributed by atoms with E-state index in [0.717, 1.165) is 17.3 Å². The molecule has 0 spiro atoms. The first kappa shape index (κ1) is 18.9. The average Bonchev–Trinajstić information content (AvgIpc) is 3.44. The van der Waals surface area contributed by atoms with Crippen LogP contribution in [-0.4, -0.2) is 23.5 Å². The quantitative estimate of drug-likeness (QED) is 0.641. The van der Waals surface area contributed by atoms with E-state index in [0.29, 0.717) is 21.8 Å². The molecule has 7 heteroatoms. The van der Waals surface area contributed by atoms with Crippen LogP contribution in [0.25, 0.3) is 0 Å². The van der Waals surface area contributed by atoms with E-state index in [2.05, 4.69) is 26.6 Å². The summed E-state index contributed by atoms with van der Waals surface area (Å²) in [4.78, 5) is 24.7. The molecular weight excluding hydrogens is 420 g/mol. The highest BCUT2D eigenvalue weighted by molar-refractivity contribution is 9.10. The van der Waals surface area contributed by atoms with E-state index in [1.54, 1.807) is 42.5 Å². The van der Waals surface area contributed by atoms with Gasteiger partial charge in [-0.1, -0.05) is 39.7 Å². The third kappa shape index (κ3) is 4.63. The van der Waals surface area contributed by atoms with Crippen LogP contribution in [0, 0.1) is 5.92 Å². The van der Waals surface area contributed by atoms with Gasteiger partial charge < -0.3 is 15.7 Å². The number of nitrogens with one attached hydrogen (secondary N) is 2. The Bertz CT molecular complexity index is 819. The number of carbonyl (C=O) groups is 2. The van der Waals surface area contributed by atoms with Crippen molar-refractivity contribution in [2.45, 2.75) is 18.9 Å². The van der Waals surface area contributed by atoms with Crippen molar-refractivity contribution in [3.05, 3.63) is 63.1 Å². The molecule has 1 aliphatic rings. The van der Waals surface area contributed by atoms with Crippen molar-refractivity contribution < 1.29 is 14.7 Å². The second-order valence-electron chi connectivity index (χ2n) is 6.22. The van der Waals surface area contributed by atoms with Gasteiger partial charge in [0.05, 0.1) is 23.9 Å². The van der Waals surface area contributed by atoms with Crippen LogP contribution < -0.4 is 10.6 Å². The molecule has 0 radical (unpaired) electrons. The maximum atomic E-state index is 12.7. The number of aliphatic hydroxyl groups excluding tert-OH is 1. The molecule has 0 heterocycles. The molecule has 1 fully saturated rings. The fraction of sp³-hybridized carbons (Fsp3) is 0.263. The van der Waals surface area contributed by atoms with Crippen molar-refractivity contribution in [2.24, 2.45) is 5.92 Å². The fourth-order valence-corrected chi connectivity index (χ4v) is 3.50. The first-order valence-corrected chi connectivity index (χ1v) is 9.42. The molecule has 2 amide bonds. The second kappa shape index (κ2) is 8.20. The summed E-state index contributed by atoms with van der Waals surface area (Å²) in [6.45, 7) is -0.283. The number of benzene rings is 2. The number of rotatable bonds is 6. The van der Waals surface area contributed by atoms with Crippen molar-refractivity contribution in [1.82, 2.24) is 5.32 Å². The Hall–Kier alpha value is -1.89.